The summed E-state index contributed by atoms with van der Waals surface area (Å²) < 4.78 is 22.6. The lowest BCUT2D eigenvalue weighted by atomic mass is 10.1. The number of methoxy groups -OCH3 is 1. The van der Waals surface area contributed by atoms with Crippen LogP contribution in [0.3, 0.4) is 0 Å². The fourth-order valence-corrected chi connectivity index (χ4v) is 6.47. The zero-order chi connectivity index (χ0) is 40.8. The molecule has 18 nitrogen and oxygen atoms in total. The van der Waals surface area contributed by atoms with E-state index in [1.807, 2.05) is 33.0 Å². The van der Waals surface area contributed by atoms with E-state index in [1.165, 1.54) is 19.2 Å². The van der Waals surface area contributed by atoms with Crippen LogP contribution in [-0.4, -0.2) is 85.2 Å². The summed E-state index contributed by atoms with van der Waals surface area (Å²) in [6.07, 6.45) is 5.59. The number of aldehydes is 1. The van der Waals surface area contributed by atoms with Crippen LogP contribution in [0.25, 0.3) is 22.1 Å². The van der Waals surface area contributed by atoms with Gasteiger partial charge in [-0.2, -0.15) is 5.10 Å². The number of aromatic nitrogens is 7. The van der Waals surface area contributed by atoms with Gasteiger partial charge in [0.15, 0.2) is 5.89 Å². The molecule has 298 valence electrons. The molecular weight excluding hydrogens is 734 g/mol. The largest absolute Gasteiger partial charge is 0.494 e. The van der Waals surface area contributed by atoms with Crippen LogP contribution in [0.4, 0.5) is 11.9 Å². The lowest BCUT2D eigenvalue weighted by molar-refractivity contribution is 0.0987. The number of benzene rings is 2. The summed E-state index contributed by atoms with van der Waals surface area (Å²) in [5.41, 5.74) is 9.57. The summed E-state index contributed by atoms with van der Waals surface area (Å²) in [5, 5.41) is 13.3. The van der Waals surface area contributed by atoms with E-state index in [0.29, 0.717) is 94.4 Å². The van der Waals surface area contributed by atoms with Crippen LogP contribution >= 0.6 is 0 Å². The molecule has 0 radical (unpaired) electrons. The Morgan fingerprint density at radius 1 is 0.895 bits per heavy atom. The zero-order valence-corrected chi connectivity index (χ0v) is 32.6. The maximum Gasteiger partial charge on any atom is 0.295 e. The Balaban J connectivity index is 1.40. The number of anilines is 2. The number of oxazole rings is 1. The molecule has 5 N–H and O–H groups in total. The number of hydrogen-bond donors (Lipinski definition) is 4. The number of allylic oxidation sites excluding steroid dienone is 2. The molecule has 0 saturated carbocycles. The van der Waals surface area contributed by atoms with Crippen LogP contribution in [0.15, 0.2) is 46.9 Å². The Kier molecular flexibility index (Phi) is 12.1. The third kappa shape index (κ3) is 8.40. The third-order valence-corrected chi connectivity index (χ3v) is 9.08. The second-order valence-electron chi connectivity index (χ2n) is 13.0. The number of nitrogens with two attached hydrogens (primary N) is 1. The summed E-state index contributed by atoms with van der Waals surface area (Å²) in [6, 6.07) is 8.01. The molecule has 18 heteroatoms. The number of amides is 3. The number of carbonyl (C=O) groups is 4. The van der Waals surface area contributed by atoms with Crippen molar-refractivity contribution in [2.24, 2.45) is 5.73 Å². The summed E-state index contributed by atoms with van der Waals surface area (Å²) in [4.78, 5) is 65.0. The first-order valence-electron chi connectivity index (χ1n) is 18.4. The molecule has 3 amide bonds. The lowest BCUT2D eigenvalue weighted by Crippen LogP contribution is -2.20. The molecule has 0 aliphatic heterocycles. The first-order valence-corrected chi connectivity index (χ1v) is 18.4. The van der Waals surface area contributed by atoms with Crippen molar-refractivity contribution < 1.29 is 33.1 Å². The van der Waals surface area contributed by atoms with Crippen molar-refractivity contribution in [1.29, 1.82) is 0 Å². The van der Waals surface area contributed by atoms with Gasteiger partial charge in [-0.15, -0.1) is 0 Å². The number of aryl methyl sites for hydroxylation is 4. The molecule has 0 unspecified atom stereocenters. The topological polar surface area (TPSA) is 228 Å². The van der Waals surface area contributed by atoms with Crippen molar-refractivity contribution in [3.05, 3.63) is 82.3 Å². The molecule has 57 heavy (non-hydrogen) atoms. The highest BCUT2D eigenvalue weighted by Crippen LogP contribution is 2.33. The zero-order valence-electron chi connectivity index (χ0n) is 32.6. The van der Waals surface area contributed by atoms with Crippen LogP contribution in [0.2, 0.25) is 0 Å². The molecular formula is C39H45N11O7. The number of primary amides is 1. The molecule has 0 atom stereocenters. The van der Waals surface area contributed by atoms with Gasteiger partial charge in [-0.25, -0.2) is 15.0 Å². The van der Waals surface area contributed by atoms with Crippen LogP contribution in [0.1, 0.15) is 79.3 Å². The Hall–Kier alpha value is -6.82. The SMILES string of the molecule is CCc1nc(C)oc1C(=O)Nc1nc2cc(C=O)cc(OCCCNC)c2n1C/C=C/Cn1c(NC(=O)c2cc(C)nn2CC)nc2cc(C(N)=O)cc(OC)c21. The smallest absolute Gasteiger partial charge is 0.295 e. The molecule has 0 aliphatic carbocycles. The Morgan fingerprint density at radius 3 is 2.18 bits per heavy atom. The van der Waals surface area contributed by atoms with Crippen LogP contribution < -0.4 is 31.2 Å². The average molecular weight is 780 g/mol. The molecule has 6 rings (SSSR count). The number of fused-ring (bicyclic) bond motifs is 2. The van der Waals surface area contributed by atoms with E-state index in [-0.39, 0.29) is 36.3 Å². The molecule has 0 saturated heterocycles. The van der Waals surface area contributed by atoms with Gasteiger partial charge in [0.1, 0.15) is 34.5 Å². The monoisotopic (exact) mass is 779 g/mol. The summed E-state index contributed by atoms with van der Waals surface area (Å²) >= 11 is 0. The summed E-state index contributed by atoms with van der Waals surface area (Å²) in [5.74, 6) is -0.0797. The van der Waals surface area contributed by atoms with Gasteiger partial charge >= 0.3 is 0 Å². The van der Waals surface area contributed by atoms with Crippen molar-refractivity contribution in [3.63, 3.8) is 0 Å². The van der Waals surface area contributed by atoms with Crippen molar-refractivity contribution in [1.82, 2.24) is 39.2 Å². The van der Waals surface area contributed by atoms with Crippen molar-refractivity contribution in [2.45, 2.75) is 60.2 Å². The minimum Gasteiger partial charge on any atom is -0.494 e. The second-order valence-corrected chi connectivity index (χ2v) is 13.0. The summed E-state index contributed by atoms with van der Waals surface area (Å²) in [7, 11) is 3.31. The van der Waals surface area contributed by atoms with Gasteiger partial charge < -0.3 is 34.1 Å². The molecule has 0 bridgehead atoms. The van der Waals surface area contributed by atoms with Gasteiger partial charge in [0.2, 0.25) is 23.6 Å². The lowest BCUT2D eigenvalue weighted by Gasteiger charge is -2.13. The maximum absolute atomic E-state index is 13.6. The van der Waals surface area contributed by atoms with E-state index >= 15 is 0 Å². The van der Waals surface area contributed by atoms with Crippen molar-refractivity contribution in [3.8, 4) is 11.5 Å². The predicted molar refractivity (Wildman–Crippen MR) is 212 cm³/mol. The number of carbonyl (C=O) groups excluding carboxylic acids is 4. The number of rotatable bonds is 18. The van der Waals surface area contributed by atoms with Crippen LogP contribution in [0, 0.1) is 13.8 Å². The van der Waals surface area contributed by atoms with Crippen LogP contribution in [0.5, 0.6) is 11.5 Å². The van der Waals surface area contributed by atoms with Gasteiger partial charge in [-0.1, -0.05) is 19.1 Å². The fraction of sp³-hybridized carbons (Fsp3) is 0.333. The number of ether oxygens (including phenoxy) is 2. The predicted octanol–water partition coefficient (Wildman–Crippen LogP) is 4.44. The number of nitrogens with zero attached hydrogens (tertiary/aromatic N) is 7. The molecule has 4 heterocycles. The molecule has 0 fully saturated rings. The van der Waals surface area contributed by atoms with Gasteiger partial charge in [-0.3, -0.25) is 34.5 Å². The minimum absolute atomic E-state index is 0.0772. The summed E-state index contributed by atoms with van der Waals surface area (Å²) in [6.45, 7) is 9.16. The van der Waals surface area contributed by atoms with E-state index in [2.05, 4.69) is 31.0 Å². The molecule has 6 aromatic rings. The fourth-order valence-electron chi connectivity index (χ4n) is 6.47. The van der Waals surface area contributed by atoms with Gasteiger partial charge in [0.05, 0.1) is 36.1 Å². The van der Waals surface area contributed by atoms with Gasteiger partial charge in [-0.05, 0) is 70.6 Å². The first-order chi connectivity index (χ1) is 27.5. The highest BCUT2D eigenvalue weighted by Gasteiger charge is 2.24. The first kappa shape index (κ1) is 39.9. The molecule has 0 aliphatic rings. The molecule has 0 spiro atoms. The number of imidazole rings is 2. The van der Waals surface area contributed by atoms with Crippen LogP contribution in [-0.2, 0) is 26.1 Å². The van der Waals surface area contributed by atoms with E-state index in [1.54, 1.807) is 45.9 Å². The Bertz CT molecular complexity index is 2510. The third-order valence-electron chi connectivity index (χ3n) is 9.08. The quantitative estimate of drug-likeness (QED) is 0.0539. The van der Waals surface area contributed by atoms with E-state index in [0.717, 1.165) is 6.54 Å². The highest BCUT2D eigenvalue weighted by molar-refractivity contribution is 6.05. The molecule has 2 aromatic carbocycles. The highest BCUT2D eigenvalue weighted by atomic mass is 16.5. The van der Waals surface area contributed by atoms with Gasteiger partial charge in [0, 0.05) is 37.7 Å². The number of hydrogen-bond acceptors (Lipinski definition) is 12. The Labute approximate surface area is 327 Å². The number of nitrogens with one attached hydrogen (secondary N) is 3. The van der Waals surface area contributed by atoms with Crippen molar-refractivity contribution >= 4 is 58.0 Å². The normalized spacial score (nSPS) is 11.5. The molecule has 4 aromatic heterocycles. The van der Waals surface area contributed by atoms with E-state index < -0.39 is 17.7 Å². The Morgan fingerprint density at radius 2 is 1.56 bits per heavy atom. The standard InChI is InChI=1S/C39H45N11O7/c1-7-26-34(57-23(4)42-26)37(54)46-39-43-27-17-24(21-51)18-31(56-15-11-12-41-5)33(27)49(39)14-10-9-13-48-32-28(19-25(35(40)52)20-30(32)55-6)44-38(48)45-36(53)29-16-22(3)47-50(29)8-2/h9-10,16-21,41H,7-8,11-15H2,1-6H3,(H2,40,52)(H,43,46,54)(H,44,45,53)/b10-9+. The average Bonchev–Trinajstić information content (AvgIpc) is 3.96. The van der Waals surface area contributed by atoms with Gasteiger partial charge in [0.25, 0.3) is 11.8 Å². The van der Waals surface area contributed by atoms with Crippen molar-refractivity contribution in [2.75, 3.05) is 37.9 Å². The van der Waals surface area contributed by atoms with E-state index in [9.17, 15) is 19.2 Å². The van der Waals surface area contributed by atoms with E-state index in [4.69, 9.17) is 24.6 Å². The second kappa shape index (κ2) is 17.3. The minimum atomic E-state index is -0.664. The maximum atomic E-state index is 13.6.